The fourth-order valence-corrected chi connectivity index (χ4v) is 8.72. The molecule has 0 aromatic heterocycles. The van der Waals surface area contributed by atoms with Gasteiger partial charge in [-0.2, -0.15) is 0 Å². The van der Waals surface area contributed by atoms with Gasteiger partial charge in [-0.3, -0.25) is 28.8 Å². The van der Waals surface area contributed by atoms with Crippen molar-refractivity contribution in [1.82, 2.24) is 21.3 Å². The number of anilines is 1. The number of unbranched alkanes of at least 4 members (excludes halogenated alkanes) is 4. The van der Waals surface area contributed by atoms with Crippen molar-refractivity contribution in [1.29, 1.82) is 0 Å². The number of thiocarbonyl (C=S) groups is 2. The van der Waals surface area contributed by atoms with Gasteiger partial charge in [-0.15, -0.1) is 0 Å². The summed E-state index contributed by atoms with van der Waals surface area (Å²) in [5.74, 6) is -4.60. The molecule has 0 radical (unpaired) electrons. The van der Waals surface area contributed by atoms with E-state index in [1.54, 1.807) is 24.3 Å². The Bertz CT molecular complexity index is 2840. The number of amides is 1. The van der Waals surface area contributed by atoms with Crippen LogP contribution in [0, 0.1) is 5.92 Å². The molecule has 2 aliphatic rings. The summed E-state index contributed by atoms with van der Waals surface area (Å²) in [6.45, 7) is 0.830. The maximum Gasteiger partial charge on any atom is 0.336 e. The highest BCUT2D eigenvalue weighted by Gasteiger charge is 2.25. The highest BCUT2D eigenvalue weighted by Crippen LogP contribution is 2.42. The number of rotatable bonds is 31. The first kappa shape index (κ1) is 57.1. The Morgan fingerprint density at radius 3 is 2.15 bits per heavy atom. The van der Waals surface area contributed by atoms with E-state index in [1.165, 1.54) is 30.3 Å². The van der Waals surface area contributed by atoms with Crippen LogP contribution in [0.2, 0.25) is 0 Å². The number of nitrogens with one attached hydrogen (secondary N) is 5. The molecule has 9 N–H and O–H groups in total. The Kier molecular flexibility index (Phi) is 22.4. The standard InChI is InChI=1S/C53H59N5O14S2/c59-31-71-46(22-23-47(64)65)58-53(74)57-43(51(69)70)21-17-35(60)13-9-25-54-49(66)33(26-32-10-5-4-6-11-32)27-36(61)12-7-2-1-3-8-24-55-52(73)56-34-14-18-39(42(28-34)50(67)68)48-40-19-15-37(62)29-44(40)72-45-30-38(63)16-20-41(45)48/h4-6,10-11,14-16,18-20,28-31,33,43,46,62H,1-3,7-9,12-13,17,21-27H2,(H,54,66)(H,64,65)(H,67,68)(H,69,70)(H2,55,56,73)(H2,57,58,74)/t33-,43+,46-/m1/s1. The number of ketones is 2. The maximum atomic E-state index is 13.4. The van der Waals surface area contributed by atoms with E-state index in [4.69, 9.17) is 38.7 Å². The zero-order valence-electron chi connectivity index (χ0n) is 40.4. The molecule has 3 aromatic rings. The molecule has 21 heteroatoms. The number of phenolic OH excluding ortho intramolecular Hbond substituents is 1. The molecular formula is C53H59N5O14S2. The van der Waals surface area contributed by atoms with E-state index in [0.29, 0.717) is 65.1 Å². The van der Waals surface area contributed by atoms with E-state index in [9.17, 15) is 53.7 Å². The second-order valence-electron chi connectivity index (χ2n) is 17.5. The molecule has 19 nitrogen and oxygen atoms in total. The number of carbonyl (C=O) groups is 7. The summed E-state index contributed by atoms with van der Waals surface area (Å²) in [4.78, 5) is 97.5. The lowest BCUT2D eigenvalue weighted by Gasteiger charge is -2.21. The van der Waals surface area contributed by atoms with E-state index >= 15 is 0 Å². The van der Waals surface area contributed by atoms with Crippen LogP contribution in [-0.4, -0.2) is 97.9 Å². The van der Waals surface area contributed by atoms with Crippen molar-refractivity contribution in [2.24, 2.45) is 5.92 Å². The lowest BCUT2D eigenvalue weighted by Crippen LogP contribution is -2.49. The average molecular weight is 1050 g/mol. The van der Waals surface area contributed by atoms with E-state index in [2.05, 4.69) is 26.6 Å². The van der Waals surface area contributed by atoms with Crippen LogP contribution in [-0.2, 0) is 39.9 Å². The number of carboxylic acids is 3. The number of aromatic carboxylic acids is 1. The number of phenols is 1. The SMILES string of the molecule is O=CO[C@H](CCC(=O)O)NC(=S)N[C@@H](CCC(=O)CCCNC(=O)[C@@H](CC(=O)CCCCCCCNC(=S)Nc1ccc(-c2c3ccc(=O)cc-3oc3cc(O)ccc23)c(C(=O)O)c1)Cc1ccccc1)C(=O)O. The van der Waals surface area contributed by atoms with Crippen molar-refractivity contribution in [3.63, 3.8) is 0 Å². The molecule has 74 heavy (non-hydrogen) atoms. The van der Waals surface area contributed by atoms with Crippen LogP contribution < -0.4 is 32.0 Å². The molecule has 1 aliphatic heterocycles. The van der Waals surface area contributed by atoms with Gasteiger partial charge in [0.25, 0.3) is 6.47 Å². The molecule has 0 spiro atoms. The zero-order chi connectivity index (χ0) is 53.6. The van der Waals surface area contributed by atoms with Gasteiger partial charge in [0, 0.05) is 85.4 Å². The van der Waals surface area contributed by atoms with Crippen molar-refractivity contribution in [2.75, 3.05) is 18.4 Å². The molecular weight excluding hydrogens is 995 g/mol. The van der Waals surface area contributed by atoms with Gasteiger partial charge in [0.2, 0.25) is 5.91 Å². The van der Waals surface area contributed by atoms with Gasteiger partial charge < -0.3 is 56.2 Å². The summed E-state index contributed by atoms with van der Waals surface area (Å²) in [5, 5.41) is 53.7. The van der Waals surface area contributed by atoms with Crippen LogP contribution in [0.4, 0.5) is 5.69 Å². The number of Topliss-reactive ketones (excluding diaryl/α,β-unsaturated/α-hetero) is 2. The van der Waals surface area contributed by atoms with E-state index in [-0.39, 0.29) is 102 Å². The maximum absolute atomic E-state index is 13.4. The Hall–Kier alpha value is -7.78. The molecule has 3 atom stereocenters. The van der Waals surface area contributed by atoms with Crippen LogP contribution in [0.5, 0.6) is 5.75 Å². The highest BCUT2D eigenvalue weighted by atomic mass is 32.1. The molecule has 392 valence electrons. The summed E-state index contributed by atoms with van der Waals surface area (Å²) >= 11 is 10.6. The summed E-state index contributed by atoms with van der Waals surface area (Å²) < 4.78 is 10.7. The third kappa shape index (κ3) is 18.4. The normalized spacial score (nSPS) is 12.2. The van der Waals surface area contributed by atoms with Crippen molar-refractivity contribution < 1.29 is 63.1 Å². The number of aliphatic carboxylic acids is 2. The number of hydrogen-bond donors (Lipinski definition) is 9. The minimum atomic E-state index is -1.29. The van der Waals surface area contributed by atoms with Crippen molar-refractivity contribution >= 4 is 93.2 Å². The number of carbonyl (C=O) groups excluding carboxylic acids is 4. The summed E-state index contributed by atoms with van der Waals surface area (Å²) in [6, 6.07) is 21.7. The van der Waals surface area contributed by atoms with Crippen LogP contribution in [0.15, 0.2) is 94.1 Å². The lowest BCUT2D eigenvalue weighted by atomic mass is 9.90. The molecule has 1 heterocycles. The van der Waals surface area contributed by atoms with Gasteiger partial charge in [0.05, 0.1) is 12.0 Å². The van der Waals surface area contributed by atoms with Crippen LogP contribution in [0.1, 0.15) is 99.4 Å². The van der Waals surface area contributed by atoms with Crippen molar-refractivity contribution in [2.45, 2.75) is 102 Å². The molecule has 1 amide bonds. The van der Waals surface area contributed by atoms with E-state index in [1.807, 2.05) is 30.3 Å². The van der Waals surface area contributed by atoms with Crippen LogP contribution in [0.25, 0.3) is 33.4 Å². The molecule has 0 saturated heterocycles. The van der Waals surface area contributed by atoms with Gasteiger partial charge >= 0.3 is 17.9 Å². The Morgan fingerprint density at radius 2 is 1.42 bits per heavy atom. The summed E-state index contributed by atoms with van der Waals surface area (Å²) in [5.41, 5.74) is 2.77. The van der Waals surface area contributed by atoms with Gasteiger partial charge in [-0.1, -0.05) is 55.7 Å². The Morgan fingerprint density at radius 1 is 0.703 bits per heavy atom. The van der Waals surface area contributed by atoms with Crippen molar-refractivity contribution in [3.05, 3.63) is 106 Å². The molecule has 3 aromatic carbocycles. The average Bonchev–Trinajstić information content (AvgIpc) is 3.35. The Balaban J connectivity index is 1.01. The third-order valence-corrected chi connectivity index (χ3v) is 12.4. The predicted octanol–water partition coefficient (Wildman–Crippen LogP) is 6.94. The van der Waals surface area contributed by atoms with Gasteiger partial charge in [-0.25, -0.2) is 9.59 Å². The fourth-order valence-electron chi connectivity index (χ4n) is 8.23. The zero-order valence-corrected chi connectivity index (χ0v) is 42.0. The van der Waals surface area contributed by atoms with E-state index in [0.717, 1.165) is 31.2 Å². The van der Waals surface area contributed by atoms with E-state index < -0.39 is 36.1 Å². The Labute approximate surface area is 436 Å². The molecule has 0 saturated carbocycles. The molecule has 0 fully saturated rings. The minimum Gasteiger partial charge on any atom is -0.508 e. The highest BCUT2D eigenvalue weighted by molar-refractivity contribution is 7.80. The number of benzene rings is 4. The molecule has 5 rings (SSSR count). The lowest BCUT2D eigenvalue weighted by molar-refractivity contribution is -0.141. The van der Waals surface area contributed by atoms with Crippen LogP contribution >= 0.6 is 24.4 Å². The molecule has 1 aliphatic carbocycles. The topological polar surface area (TPSA) is 300 Å². The number of fused-ring (bicyclic) bond motifs is 2. The van der Waals surface area contributed by atoms with Gasteiger partial charge in [-0.05, 0) is 104 Å². The second-order valence-corrected chi connectivity index (χ2v) is 18.4. The number of ether oxygens (including phenoxy) is 1. The first-order valence-electron chi connectivity index (χ1n) is 24.1. The van der Waals surface area contributed by atoms with Crippen LogP contribution in [0.3, 0.4) is 0 Å². The first-order valence-corrected chi connectivity index (χ1v) is 24.9. The molecule has 0 bridgehead atoms. The number of carboxylic acid groups (broad SMARTS) is 3. The van der Waals surface area contributed by atoms with Crippen molar-refractivity contribution in [3.8, 4) is 28.2 Å². The molecule has 0 unspecified atom stereocenters. The quantitative estimate of drug-likeness (QED) is 0.00714. The smallest absolute Gasteiger partial charge is 0.336 e. The summed E-state index contributed by atoms with van der Waals surface area (Å²) in [6.07, 6.45) is 3.27. The van der Waals surface area contributed by atoms with Gasteiger partial charge in [0.15, 0.2) is 21.9 Å². The fraction of sp³-hybridized carbons (Fsp3) is 0.358. The monoisotopic (exact) mass is 1050 g/mol. The predicted molar refractivity (Wildman–Crippen MR) is 283 cm³/mol. The number of hydrogen-bond acceptors (Lipinski definition) is 13. The largest absolute Gasteiger partial charge is 0.508 e. The first-order chi connectivity index (χ1) is 35.5. The second kappa shape index (κ2) is 29.1. The summed E-state index contributed by atoms with van der Waals surface area (Å²) in [7, 11) is 0. The number of aromatic hydroxyl groups is 1. The third-order valence-electron chi connectivity index (χ3n) is 11.9. The minimum absolute atomic E-state index is 0.0177. The van der Waals surface area contributed by atoms with Gasteiger partial charge in [0.1, 0.15) is 34.7 Å².